The van der Waals surface area contributed by atoms with E-state index in [4.69, 9.17) is 40.7 Å². The van der Waals surface area contributed by atoms with Crippen LogP contribution in [0, 0.1) is 0 Å². The number of rotatable bonds is 13. The number of phosphoric acid groups is 1. The van der Waals surface area contributed by atoms with Crippen LogP contribution in [0.4, 0.5) is 0 Å². The average Bonchev–Trinajstić information content (AvgIpc) is 3.34. The Balaban J connectivity index is 2.84. The predicted molar refractivity (Wildman–Crippen MR) is 103 cm³/mol. The third kappa shape index (κ3) is 8.74. The number of hydrogen-bond donors (Lipinski definition) is 3. The zero-order chi connectivity index (χ0) is 20.9. The molecule has 1 aliphatic rings. The van der Waals surface area contributed by atoms with Crippen molar-refractivity contribution in [1.29, 1.82) is 0 Å². The lowest BCUT2D eigenvalue weighted by Gasteiger charge is -2.30. The van der Waals surface area contributed by atoms with Crippen LogP contribution in [-0.4, -0.2) is 79.1 Å². The van der Waals surface area contributed by atoms with E-state index < -0.39 is 41.2 Å². The van der Waals surface area contributed by atoms with Crippen molar-refractivity contribution in [3.63, 3.8) is 0 Å². The van der Waals surface area contributed by atoms with Gasteiger partial charge in [-0.3, -0.25) is 4.57 Å². The van der Waals surface area contributed by atoms with E-state index in [-0.39, 0.29) is 11.9 Å². The molecule has 0 spiro atoms. The van der Waals surface area contributed by atoms with Gasteiger partial charge >= 0.3 is 15.4 Å². The molecule has 1 rings (SSSR count). The third-order valence-corrected chi connectivity index (χ3v) is 9.08. The molecule has 0 amide bonds. The fraction of sp³-hybridized carbons (Fsp3) is 0.818. The molecule has 2 radical (unpaired) electrons. The van der Waals surface area contributed by atoms with Gasteiger partial charge in [0.1, 0.15) is 25.6 Å². The lowest BCUT2D eigenvalue weighted by Crippen LogP contribution is -2.44. The summed E-state index contributed by atoms with van der Waals surface area (Å²) in [5.41, 5.74) is 0.953. The summed E-state index contributed by atoms with van der Waals surface area (Å²) in [7, 11) is -4.86. The Hall–Kier alpha value is 0.395. The summed E-state index contributed by atoms with van der Waals surface area (Å²) in [5, 5.41) is 0.228. The molecule has 0 bridgehead atoms. The van der Waals surface area contributed by atoms with Crippen LogP contribution in [0.15, 0.2) is 0 Å². The van der Waals surface area contributed by atoms with Gasteiger partial charge in [0, 0.05) is 26.2 Å². The van der Waals surface area contributed by atoms with Gasteiger partial charge in [-0.15, -0.1) is 0 Å². The van der Waals surface area contributed by atoms with Gasteiger partial charge in [-0.05, 0) is 25.1 Å². The minimum absolute atomic E-state index is 0.228. The molecule has 0 heterocycles. The predicted octanol–water partition coefficient (Wildman–Crippen LogP) is 1.17. The topological polar surface area (TPSA) is 150 Å². The summed E-state index contributed by atoms with van der Waals surface area (Å²) >= 11 is 4.55. The van der Waals surface area contributed by atoms with Crippen LogP contribution in [-0.2, 0) is 36.5 Å². The van der Waals surface area contributed by atoms with Gasteiger partial charge in [-0.1, -0.05) is 0 Å². The normalized spacial score (nSPS) is 22.2. The monoisotopic (exact) mass is 466 g/mol. The first-order chi connectivity index (χ1) is 12.4. The van der Waals surface area contributed by atoms with Crippen LogP contribution in [0.3, 0.4) is 0 Å². The van der Waals surface area contributed by atoms with Gasteiger partial charge in [0.05, 0.1) is 12.6 Å². The molecule has 16 heteroatoms. The molecule has 5 unspecified atom stereocenters. The fourth-order valence-electron chi connectivity index (χ4n) is 1.98. The summed E-state index contributed by atoms with van der Waals surface area (Å²) < 4.78 is 53.5. The molecule has 11 nitrogen and oxygen atoms in total. The van der Waals surface area contributed by atoms with Gasteiger partial charge in [-0.2, -0.15) is 0 Å². The highest BCUT2D eigenvalue weighted by atomic mass is 32.1. The van der Waals surface area contributed by atoms with Crippen molar-refractivity contribution >= 4 is 53.9 Å². The van der Waals surface area contributed by atoms with E-state index >= 15 is 0 Å². The third-order valence-electron chi connectivity index (χ3n) is 3.30. The van der Waals surface area contributed by atoms with Gasteiger partial charge < -0.3 is 33.4 Å². The largest absolute Gasteiger partial charge is 0.494 e. The molecule has 5 atom stereocenters. The number of ether oxygens (including phenoxy) is 3. The molecular weight excluding hydrogens is 444 g/mol. The Bertz CT molecular complexity index is 662. The number of thiocarbonyl (C=S) groups is 1. The van der Waals surface area contributed by atoms with Crippen LogP contribution in [0.25, 0.3) is 0 Å². The van der Waals surface area contributed by atoms with E-state index in [1.165, 1.54) is 14.2 Å². The van der Waals surface area contributed by atoms with Crippen LogP contribution in [0.1, 0.15) is 12.8 Å². The molecule has 1 saturated carbocycles. The minimum Gasteiger partial charge on any atom is -0.494 e. The summed E-state index contributed by atoms with van der Waals surface area (Å²) in [6, 6.07) is -0.998. The average molecular weight is 466 g/mol. The van der Waals surface area contributed by atoms with Crippen molar-refractivity contribution in [3.05, 3.63) is 0 Å². The molecule has 1 aliphatic carbocycles. The lowest BCUT2D eigenvalue weighted by molar-refractivity contribution is -0.0824. The second kappa shape index (κ2) is 10.4. The molecular formula is C11H22BO11P3S. The summed E-state index contributed by atoms with van der Waals surface area (Å²) in [6.45, 7) is 0.661. The van der Waals surface area contributed by atoms with Crippen molar-refractivity contribution < 1.29 is 51.2 Å². The van der Waals surface area contributed by atoms with Crippen molar-refractivity contribution in [3.8, 4) is 0 Å². The van der Waals surface area contributed by atoms with E-state index in [1.807, 2.05) is 0 Å². The van der Waals surface area contributed by atoms with E-state index in [9.17, 15) is 14.0 Å². The van der Waals surface area contributed by atoms with Gasteiger partial charge in [0.25, 0.3) is 7.57 Å². The molecule has 156 valence electrons. The highest BCUT2D eigenvalue weighted by Gasteiger charge is 2.41. The summed E-state index contributed by atoms with van der Waals surface area (Å²) in [4.78, 5) is 28.2. The second-order valence-electron chi connectivity index (χ2n) is 5.48. The highest BCUT2D eigenvalue weighted by molar-refractivity contribution is 7.78. The van der Waals surface area contributed by atoms with E-state index in [2.05, 4.69) is 16.5 Å². The second-order valence-corrected chi connectivity index (χ2v) is 11.4. The Labute approximate surface area is 164 Å². The van der Waals surface area contributed by atoms with Crippen molar-refractivity contribution in [2.24, 2.45) is 0 Å². The van der Waals surface area contributed by atoms with E-state index in [1.54, 1.807) is 0 Å². The molecule has 1 fully saturated rings. The maximum absolute atomic E-state index is 12.6. The Morgan fingerprint density at radius 1 is 1.19 bits per heavy atom. The first-order valence-electron chi connectivity index (χ1n) is 7.45. The Kier molecular flexibility index (Phi) is 9.83. The summed E-state index contributed by atoms with van der Waals surface area (Å²) in [6.07, 6.45) is -1.05. The molecule has 0 saturated heterocycles. The maximum Gasteiger partial charge on any atom is 0.476 e. The van der Waals surface area contributed by atoms with Gasteiger partial charge in [0.2, 0.25) is 0 Å². The van der Waals surface area contributed by atoms with E-state index in [0.717, 1.165) is 12.2 Å². The Morgan fingerprint density at radius 2 is 1.78 bits per heavy atom. The molecule has 0 aliphatic heterocycles. The van der Waals surface area contributed by atoms with E-state index in [0.29, 0.717) is 12.8 Å². The number of methoxy groups -OCH3 is 2. The fourth-order valence-corrected chi connectivity index (χ4v) is 7.47. The van der Waals surface area contributed by atoms with Crippen LogP contribution in [0.2, 0.25) is 0 Å². The zero-order valence-electron chi connectivity index (χ0n) is 14.9. The smallest absolute Gasteiger partial charge is 0.476 e. The highest BCUT2D eigenvalue weighted by Crippen LogP contribution is 2.70. The molecule has 3 N–H and O–H groups in total. The van der Waals surface area contributed by atoms with Gasteiger partial charge in [-0.25, -0.2) is 13.2 Å². The standard InChI is InChI=1S/C11H22BO11P3S/c1-18-9(10(19-2)11(12)20-7-27)6-21-24(3,13)22-25(14,8-4-5-8)23-26(15,16)17/h7,9-11,14H,4-6H2,1-3H3,(H2,15,16,17). The van der Waals surface area contributed by atoms with Crippen molar-refractivity contribution in [1.82, 2.24) is 0 Å². The lowest BCUT2D eigenvalue weighted by atomic mass is 9.91. The first kappa shape index (κ1) is 25.4. The minimum atomic E-state index is -5.09. The van der Waals surface area contributed by atoms with Gasteiger partial charge in [0.15, 0.2) is 0 Å². The van der Waals surface area contributed by atoms with Crippen LogP contribution >= 0.6 is 35.2 Å². The van der Waals surface area contributed by atoms with Crippen molar-refractivity contribution in [2.75, 3.05) is 27.5 Å². The molecule has 0 aromatic heterocycles. The maximum atomic E-state index is 12.6. The Morgan fingerprint density at radius 3 is 2.19 bits per heavy atom. The van der Waals surface area contributed by atoms with Crippen LogP contribution < -0.4 is 0 Å². The molecule has 27 heavy (non-hydrogen) atoms. The number of hydrogen-bond acceptors (Lipinski definition) is 10. The quantitative estimate of drug-likeness (QED) is 0.203. The zero-order valence-corrected chi connectivity index (χ0v) is 18.4. The molecule has 0 aromatic rings. The SMILES string of the molecule is [B]C(OC=S)C(OC)C(COP(C)(=O)OP(O)(OP(=O)(O)O)=C1CC1)OC. The van der Waals surface area contributed by atoms with Crippen LogP contribution in [0.5, 0.6) is 0 Å². The summed E-state index contributed by atoms with van der Waals surface area (Å²) in [5.74, 6) is 0. The first-order valence-corrected chi connectivity index (χ1v) is 13.0. The molecule has 0 aromatic carbocycles. The van der Waals surface area contributed by atoms with Crippen molar-refractivity contribution in [2.45, 2.75) is 31.1 Å².